The molecule has 0 N–H and O–H groups in total. The summed E-state index contributed by atoms with van der Waals surface area (Å²) >= 11 is 0. The second kappa shape index (κ2) is 9.89. The second-order valence-corrected chi connectivity index (χ2v) is 12.4. The number of fused-ring (bicyclic) bond motifs is 5. The number of rotatable bonds is 5. The molecule has 7 unspecified atom stereocenters. The standard InChI is InChI=1S/C32H38O8/c1-7-18(2)29(36)39-25-9-8-20-21(32(5)23(15-26(34)37-6)31(25,4)16-24(32)33)10-12-30(3)22(20)14-27(35)40-28(30)19-11-13-38-17-19/h7-9,11,13,17,21,23,25,28H,10,12,14-16H2,1-6H3/b9-8-,18-7+. The van der Waals surface area contributed by atoms with Crippen LogP contribution in [0.2, 0.25) is 0 Å². The summed E-state index contributed by atoms with van der Waals surface area (Å²) < 4.78 is 22.4. The molecule has 5 rings (SSSR count). The number of hydrogen-bond acceptors (Lipinski definition) is 8. The molecule has 1 saturated carbocycles. The molecule has 0 radical (unpaired) electrons. The van der Waals surface area contributed by atoms with Crippen molar-refractivity contribution in [1.82, 2.24) is 0 Å². The van der Waals surface area contributed by atoms with Crippen LogP contribution in [-0.2, 0) is 33.4 Å². The number of methoxy groups -OCH3 is 1. The third-order valence-corrected chi connectivity index (χ3v) is 10.4. The van der Waals surface area contributed by atoms with Gasteiger partial charge in [0.05, 0.1) is 26.1 Å². The first-order chi connectivity index (χ1) is 18.9. The fourth-order valence-electron chi connectivity index (χ4n) is 7.91. The summed E-state index contributed by atoms with van der Waals surface area (Å²) in [5.41, 5.74) is 0.816. The Morgan fingerprint density at radius 3 is 2.60 bits per heavy atom. The third kappa shape index (κ3) is 4.10. The zero-order chi connectivity index (χ0) is 29.0. The largest absolute Gasteiger partial charge is 0.472 e. The molecule has 4 aliphatic rings. The monoisotopic (exact) mass is 550 g/mol. The lowest BCUT2D eigenvalue weighted by Gasteiger charge is -2.53. The lowest BCUT2D eigenvalue weighted by molar-refractivity contribution is -0.162. The summed E-state index contributed by atoms with van der Waals surface area (Å²) in [6, 6.07) is 1.82. The first kappa shape index (κ1) is 28.1. The Bertz CT molecular complexity index is 1330. The van der Waals surface area contributed by atoms with Crippen molar-refractivity contribution in [3.63, 3.8) is 0 Å². The fourth-order valence-corrected chi connectivity index (χ4v) is 7.91. The van der Waals surface area contributed by atoms with E-state index in [0.29, 0.717) is 18.4 Å². The molecule has 1 aromatic rings. The van der Waals surface area contributed by atoms with E-state index >= 15 is 0 Å². The van der Waals surface area contributed by atoms with Crippen LogP contribution in [0, 0.1) is 28.1 Å². The molecule has 1 aliphatic heterocycles. The first-order valence-corrected chi connectivity index (χ1v) is 14.0. The maximum absolute atomic E-state index is 14.1. The number of esters is 3. The number of hydrogen-bond donors (Lipinski definition) is 0. The molecule has 8 nitrogen and oxygen atoms in total. The van der Waals surface area contributed by atoms with E-state index in [1.165, 1.54) is 7.11 Å². The van der Waals surface area contributed by atoms with Crippen LogP contribution >= 0.6 is 0 Å². The van der Waals surface area contributed by atoms with Crippen LogP contribution in [0.1, 0.15) is 78.4 Å². The van der Waals surface area contributed by atoms with E-state index in [4.69, 9.17) is 18.6 Å². The van der Waals surface area contributed by atoms with Crippen molar-refractivity contribution in [3.05, 3.63) is 59.1 Å². The van der Waals surface area contributed by atoms with Gasteiger partial charge in [0.2, 0.25) is 0 Å². The van der Waals surface area contributed by atoms with Gasteiger partial charge in [-0.2, -0.15) is 0 Å². The maximum atomic E-state index is 14.1. The predicted octanol–water partition coefficient (Wildman–Crippen LogP) is 5.59. The summed E-state index contributed by atoms with van der Waals surface area (Å²) in [6.45, 7) is 9.44. The second-order valence-electron chi connectivity index (χ2n) is 12.4. The lowest BCUT2D eigenvalue weighted by Crippen LogP contribution is -2.50. The SMILES string of the molecule is C/C=C(\C)C(=O)OC1/C=C\C2=C3CC(=O)OC(c4ccoc4)C3(C)CCC2C2(C)C(=O)CC1(C)C2CC(=O)OC. The topological polar surface area (TPSA) is 109 Å². The molecule has 2 bridgehead atoms. The van der Waals surface area contributed by atoms with Crippen molar-refractivity contribution >= 4 is 23.7 Å². The van der Waals surface area contributed by atoms with E-state index in [9.17, 15) is 19.2 Å². The molecule has 1 aromatic heterocycles. The number of carbonyl (C=O) groups excluding carboxylic acids is 4. The van der Waals surface area contributed by atoms with Gasteiger partial charge in [-0.3, -0.25) is 14.4 Å². The molecule has 7 atom stereocenters. The fraction of sp³-hybridized carbons (Fsp3) is 0.562. The van der Waals surface area contributed by atoms with Crippen LogP contribution in [0.3, 0.4) is 0 Å². The Labute approximate surface area is 234 Å². The third-order valence-electron chi connectivity index (χ3n) is 10.4. The Morgan fingerprint density at radius 1 is 1.20 bits per heavy atom. The molecule has 3 aliphatic carbocycles. The summed E-state index contributed by atoms with van der Waals surface area (Å²) in [7, 11) is 1.34. The van der Waals surface area contributed by atoms with Gasteiger partial charge in [-0.1, -0.05) is 32.9 Å². The highest BCUT2D eigenvalue weighted by Crippen LogP contribution is 2.66. The molecule has 2 fully saturated rings. The summed E-state index contributed by atoms with van der Waals surface area (Å²) in [6.07, 6.45) is 9.05. The summed E-state index contributed by atoms with van der Waals surface area (Å²) in [4.78, 5) is 52.9. The number of allylic oxidation sites excluding steroid dienone is 3. The van der Waals surface area contributed by atoms with Crippen LogP contribution in [0.5, 0.6) is 0 Å². The maximum Gasteiger partial charge on any atom is 0.333 e. The number of ketones is 1. The first-order valence-electron chi connectivity index (χ1n) is 14.0. The minimum atomic E-state index is -0.926. The van der Waals surface area contributed by atoms with Gasteiger partial charge in [0.1, 0.15) is 18.0 Å². The average molecular weight is 551 g/mol. The van der Waals surface area contributed by atoms with Gasteiger partial charge in [0, 0.05) is 40.2 Å². The lowest BCUT2D eigenvalue weighted by atomic mass is 9.52. The summed E-state index contributed by atoms with van der Waals surface area (Å²) in [5.74, 6) is -1.85. The van der Waals surface area contributed by atoms with E-state index in [1.54, 1.807) is 32.4 Å². The predicted molar refractivity (Wildman–Crippen MR) is 144 cm³/mol. The van der Waals surface area contributed by atoms with Gasteiger partial charge < -0.3 is 18.6 Å². The van der Waals surface area contributed by atoms with E-state index in [-0.39, 0.29) is 36.9 Å². The van der Waals surface area contributed by atoms with Crippen LogP contribution < -0.4 is 0 Å². The van der Waals surface area contributed by atoms with Crippen LogP contribution in [0.15, 0.2) is 58.0 Å². The van der Waals surface area contributed by atoms with Gasteiger partial charge in [0.15, 0.2) is 0 Å². The minimum absolute atomic E-state index is 0.0236. The molecule has 0 spiro atoms. The molecule has 2 heterocycles. The van der Waals surface area contributed by atoms with Crippen molar-refractivity contribution in [2.24, 2.45) is 28.1 Å². The van der Waals surface area contributed by atoms with Gasteiger partial charge >= 0.3 is 17.9 Å². The van der Waals surface area contributed by atoms with Crippen molar-refractivity contribution in [3.8, 4) is 0 Å². The van der Waals surface area contributed by atoms with Gasteiger partial charge in [-0.05, 0) is 61.8 Å². The number of carbonyl (C=O) groups is 4. The van der Waals surface area contributed by atoms with Crippen molar-refractivity contribution in [2.75, 3.05) is 7.11 Å². The highest BCUT2D eigenvalue weighted by Gasteiger charge is 2.66. The van der Waals surface area contributed by atoms with E-state index < -0.39 is 46.3 Å². The van der Waals surface area contributed by atoms with Gasteiger partial charge in [0.25, 0.3) is 0 Å². The highest BCUT2D eigenvalue weighted by molar-refractivity contribution is 5.91. The molecule has 214 valence electrons. The van der Waals surface area contributed by atoms with Crippen molar-refractivity contribution in [2.45, 2.75) is 78.9 Å². The normalized spacial score (nSPS) is 38.0. The van der Waals surface area contributed by atoms with Crippen LogP contribution in [0.25, 0.3) is 0 Å². The Hall–Kier alpha value is -3.42. The van der Waals surface area contributed by atoms with Gasteiger partial charge in [-0.25, -0.2) is 4.79 Å². The quantitative estimate of drug-likeness (QED) is 0.265. The smallest absolute Gasteiger partial charge is 0.333 e. The van der Waals surface area contributed by atoms with Crippen molar-refractivity contribution < 1.29 is 37.8 Å². The number of cyclic esters (lactones) is 1. The molecular weight excluding hydrogens is 512 g/mol. The van der Waals surface area contributed by atoms with Crippen LogP contribution in [-0.4, -0.2) is 36.9 Å². The number of Topliss-reactive ketones (excluding diaryl/α,β-unsaturated/α-hetero) is 1. The molecule has 0 aromatic carbocycles. The average Bonchev–Trinajstić information content (AvgIpc) is 3.52. The Morgan fingerprint density at radius 2 is 1.95 bits per heavy atom. The zero-order valence-electron chi connectivity index (χ0n) is 24.1. The molecule has 8 heteroatoms. The van der Waals surface area contributed by atoms with Gasteiger partial charge in [-0.15, -0.1) is 0 Å². The molecule has 1 saturated heterocycles. The zero-order valence-corrected chi connectivity index (χ0v) is 24.1. The van der Waals surface area contributed by atoms with E-state index in [1.807, 2.05) is 32.1 Å². The van der Waals surface area contributed by atoms with E-state index in [0.717, 1.165) is 16.7 Å². The Kier molecular flexibility index (Phi) is 6.95. The Balaban J connectivity index is 1.72. The molecule has 0 amide bonds. The van der Waals surface area contributed by atoms with E-state index in [2.05, 4.69) is 6.92 Å². The highest BCUT2D eigenvalue weighted by atomic mass is 16.6. The summed E-state index contributed by atoms with van der Waals surface area (Å²) in [5, 5.41) is 0. The molecular formula is C32H38O8. The molecule has 40 heavy (non-hydrogen) atoms. The minimum Gasteiger partial charge on any atom is -0.472 e. The van der Waals surface area contributed by atoms with Crippen LogP contribution in [0.4, 0.5) is 0 Å². The number of ether oxygens (including phenoxy) is 3. The number of furan rings is 1. The van der Waals surface area contributed by atoms with Crippen molar-refractivity contribution in [1.29, 1.82) is 0 Å².